The van der Waals surface area contributed by atoms with E-state index in [1.807, 2.05) is 0 Å². The van der Waals surface area contributed by atoms with E-state index >= 15 is 0 Å². The van der Waals surface area contributed by atoms with E-state index in [1.54, 1.807) is 0 Å². The molecule has 1 N–H and O–H groups in total. The van der Waals surface area contributed by atoms with Gasteiger partial charge in [0.2, 0.25) is 0 Å². The molecule has 13 heavy (non-hydrogen) atoms. The van der Waals surface area contributed by atoms with E-state index in [0.29, 0.717) is 12.6 Å². The van der Waals surface area contributed by atoms with Crippen LogP contribution < -0.4 is 5.32 Å². The Kier molecular flexibility index (Phi) is 2.83. The Bertz CT molecular complexity index is 176. The normalized spacial score (nSPS) is 37.4. The maximum atomic E-state index is 11.5. The predicted octanol–water partition coefficient (Wildman–Crippen LogP) is 0.200. The lowest BCUT2D eigenvalue weighted by Crippen LogP contribution is -2.61. The molecule has 2 atom stereocenters. The fourth-order valence-corrected chi connectivity index (χ4v) is 2.27. The van der Waals surface area contributed by atoms with Crippen molar-refractivity contribution in [2.45, 2.75) is 31.8 Å². The molecule has 76 valence electrons. The fraction of sp³-hybridized carbons (Fsp3) is 1.00. The van der Waals surface area contributed by atoms with Gasteiger partial charge in [-0.25, -0.2) is 0 Å². The summed E-state index contributed by atoms with van der Waals surface area (Å²) in [7, 11) is 0. The molecule has 4 nitrogen and oxygen atoms in total. The van der Waals surface area contributed by atoms with Gasteiger partial charge in [-0.15, -0.1) is 0 Å². The summed E-state index contributed by atoms with van der Waals surface area (Å²) < 4.78 is 0. The zero-order chi connectivity index (χ0) is 9.26. The maximum Gasteiger partial charge on any atom is 0.0484 e. The third-order valence-corrected chi connectivity index (χ3v) is 3.20. The van der Waals surface area contributed by atoms with E-state index in [-0.39, 0.29) is 6.04 Å². The molecular formula is C9H18N3O-. The van der Waals surface area contributed by atoms with Gasteiger partial charge < -0.3 is 15.6 Å². The third-order valence-electron chi connectivity index (χ3n) is 3.20. The van der Waals surface area contributed by atoms with Gasteiger partial charge in [0.05, 0.1) is 0 Å². The van der Waals surface area contributed by atoms with Gasteiger partial charge >= 0.3 is 0 Å². The number of piperazine rings is 1. The van der Waals surface area contributed by atoms with Gasteiger partial charge in [0.15, 0.2) is 0 Å². The van der Waals surface area contributed by atoms with Gasteiger partial charge in [0, 0.05) is 31.8 Å². The SMILES string of the molecule is CCC1CN2CNCCC2CN1[O-]. The number of fused-ring (bicyclic) bond motifs is 1. The second kappa shape index (κ2) is 3.92. The molecule has 2 aliphatic heterocycles. The van der Waals surface area contributed by atoms with E-state index in [4.69, 9.17) is 0 Å². The lowest BCUT2D eigenvalue weighted by Gasteiger charge is -2.51. The first-order valence-corrected chi connectivity index (χ1v) is 5.19. The first kappa shape index (κ1) is 9.40. The largest absolute Gasteiger partial charge is 0.785 e. The minimum absolute atomic E-state index is 0.219. The predicted molar refractivity (Wildman–Crippen MR) is 52.1 cm³/mol. The fourth-order valence-electron chi connectivity index (χ4n) is 2.27. The van der Waals surface area contributed by atoms with E-state index < -0.39 is 0 Å². The Hall–Kier alpha value is -0.160. The number of hydrogen-bond acceptors (Lipinski definition) is 4. The highest BCUT2D eigenvalue weighted by molar-refractivity contribution is 4.90. The molecule has 0 radical (unpaired) electrons. The van der Waals surface area contributed by atoms with Crippen molar-refractivity contribution >= 4 is 0 Å². The molecule has 0 spiro atoms. The molecule has 2 aliphatic rings. The smallest absolute Gasteiger partial charge is 0.0484 e. The molecule has 0 aliphatic carbocycles. The molecule has 2 saturated heterocycles. The molecular weight excluding hydrogens is 166 g/mol. The van der Waals surface area contributed by atoms with Crippen molar-refractivity contribution in [2.75, 3.05) is 26.3 Å². The Morgan fingerprint density at radius 2 is 2.31 bits per heavy atom. The summed E-state index contributed by atoms with van der Waals surface area (Å²) in [5, 5.41) is 16.2. The van der Waals surface area contributed by atoms with Crippen LogP contribution in [0, 0.1) is 5.21 Å². The topological polar surface area (TPSA) is 41.6 Å². The highest BCUT2D eigenvalue weighted by atomic mass is 16.5. The van der Waals surface area contributed by atoms with Crippen molar-refractivity contribution in [1.29, 1.82) is 0 Å². The molecule has 0 aromatic rings. The summed E-state index contributed by atoms with van der Waals surface area (Å²) >= 11 is 0. The number of nitrogens with zero attached hydrogens (tertiary/aromatic N) is 2. The van der Waals surface area contributed by atoms with Gasteiger partial charge in [0.1, 0.15) is 0 Å². The summed E-state index contributed by atoms with van der Waals surface area (Å²) in [5.41, 5.74) is 0. The average molecular weight is 184 g/mol. The van der Waals surface area contributed by atoms with E-state index in [0.717, 1.165) is 32.6 Å². The monoisotopic (exact) mass is 184 g/mol. The lowest BCUT2D eigenvalue weighted by molar-refractivity contribution is 0.0284. The first-order chi connectivity index (χ1) is 6.31. The van der Waals surface area contributed by atoms with Gasteiger partial charge in [0.25, 0.3) is 0 Å². The van der Waals surface area contributed by atoms with Crippen LogP contribution in [0.25, 0.3) is 0 Å². The number of hydrogen-bond donors (Lipinski definition) is 1. The summed E-state index contributed by atoms with van der Waals surface area (Å²) in [4.78, 5) is 2.41. The highest BCUT2D eigenvalue weighted by Crippen LogP contribution is 2.19. The zero-order valence-corrected chi connectivity index (χ0v) is 8.20. The minimum atomic E-state index is 0.219. The van der Waals surface area contributed by atoms with Crippen LogP contribution in [-0.4, -0.2) is 48.3 Å². The molecule has 2 rings (SSSR count). The molecule has 2 fully saturated rings. The van der Waals surface area contributed by atoms with Crippen LogP contribution >= 0.6 is 0 Å². The zero-order valence-electron chi connectivity index (χ0n) is 8.20. The Labute approximate surface area is 79.5 Å². The summed E-state index contributed by atoms with van der Waals surface area (Å²) in [6, 6.07) is 0.720. The van der Waals surface area contributed by atoms with Crippen molar-refractivity contribution < 1.29 is 0 Å². The molecule has 2 heterocycles. The summed E-state index contributed by atoms with van der Waals surface area (Å²) in [6.07, 6.45) is 2.09. The quantitative estimate of drug-likeness (QED) is 0.632. The Morgan fingerprint density at radius 3 is 3.08 bits per heavy atom. The summed E-state index contributed by atoms with van der Waals surface area (Å²) in [6.45, 7) is 5.77. The third kappa shape index (κ3) is 1.86. The van der Waals surface area contributed by atoms with E-state index in [2.05, 4.69) is 17.1 Å². The van der Waals surface area contributed by atoms with Crippen LogP contribution in [0.2, 0.25) is 0 Å². The Morgan fingerprint density at radius 1 is 1.46 bits per heavy atom. The number of hydroxylamine groups is 2. The molecule has 0 aromatic heterocycles. The van der Waals surface area contributed by atoms with Gasteiger partial charge in [-0.3, -0.25) is 4.90 Å². The van der Waals surface area contributed by atoms with Crippen LogP contribution in [0.4, 0.5) is 0 Å². The maximum absolute atomic E-state index is 11.5. The van der Waals surface area contributed by atoms with Crippen LogP contribution in [0.15, 0.2) is 0 Å². The molecule has 2 unspecified atom stereocenters. The van der Waals surface area contributed by atoms with Crippen molar-refractivity contribution in [1.82, 2.24) is 15.3 Å². The highest BCUT2D eigenvalue weighted by Gasteiger charge is 2.29. The van der Waals surface area contributed by atoms with Crippen LogP contribution in [-0.2, 0) is 0 Å². The Balaban J connectivity index is 1.97. The van der Waals surface area contributed by atoms with Crippen molar-refractivity contribution in [3.8, 4) is 0 Å². The molecule has 0 aromatic carbocycles. The lowest BCUT2D eigenvalue weighted by atomic mass is 10.0. The van der Waals surface area contributed by atoms with E-state index in [9.17, 15) is 5.21 Å². The second-order valence-electron chi connectivity index (χ2n) is 4.03. The number of rotatable bonds is 1. The molecule has 0 amide bonds. The number of nitrogens with one attached hydrogen (secondary N) is 1. The van der Waals surface area contributed by atoms with Gasteiger partial charge in [-0.1, -0.05) is 6.92 Å². The van der Waals surface area contributed by atoms with Gasteiger partial charge in [-0.2, -0.15) is 0 Å². The minimum Gasteiger partial charge on any atom is -0.785 e. The van der Waals surface area contributed by atoms with Crippen molar-refractivity contribution in [3.05, 3.63) is 5.21 Å². The summed E-state index contributed by atoms with van der Waals surface area (Å²) in [5.74, 6) is 0. The van der Waals surface area contributed by atoms with Crippen LogP contribution in [0.5, 0.6) is 0 Å². The first-order valence-electron chi connectivity index (χ1n) is 5.19. The van der Waals surface area contributed by atoms with Crippen LogP contribution in [0.3, 0.4) is 0 Å². The van der Waals surface area contributed by atoms with Gasteiger partial charge in [-0.05, 0) is 19.4 Å². The molecule has 0 bridgehead atoms. The van der Waals surface area contributed by atoms with Crippen molar-refractivity contribution in [3.63, 3.8) is 0 Å². The van der Waals surface area contributed by atoms with Crippen LogP contribution in [0.1, 0.15) is 19.8 Å². The van der Waals surface area contributed by atoms with E-state index in [1.165, 1.54) is 5.06 Å². The average Bonchev–Trinajstić information content (AvgIpc) is 2.17. The molecule has 4 heteroatoms. The second-order valence-corrected chi connectivity index (χ2v) is 4.03. The van der Waals surface area contributed by atoms with Crippen molar-refractivity contribution in [2.24, 2.45) is 0 Å². The standard InChI is InChI=1S/C9H18N3O/c1-2-8-5-11-7-10-4-3-9(11)6-12(8)13/h8-10H,2-7H2,1H3/q-1. The molecule has 0 saturated carbocycles.